The molecule has 2 saturated carbocycles. The maximum absolute atomic E-state index is 3.77. The molecule has 0 aromatic heterocycles. The molecule has 3 unspecified atom stereocenters. The van der Waals surface area contributed by atoms with Crippen LogP contribution in [0.5, 0.6) is 0 Å². The molecule has 2 heteroatoms. The van der Waals surface area contributed by atoms with Crippen LogP contribution < -0.4 is 5.32 Å². The molecular formula is C16H30N2. The highest BCUT2D eigenvalue weighted by Gasteiger charge is 2.38. The number of nitrogens with one attached hydrogen (secondary N) is 1. The number of likely N-dealkylation sites (tertiary alicyclic amines) is 1. The largest absolute Gasteiger partial charge is 0.312 e. The van der Waals surface area contributed by atoms with Crippen molar-refractivity contribution in [2.45, 2.75) is 82.8 Å². The lowest BCUT2D eigenvalue weighted by Crippen LogP contribution is -2.47. The first kappa shape index (κ1) is 12.9. The number of fused-ring (bicyclic) bond motifs is 1. The monoisotopic (exact) mass is 250 g/mol. The molecule has 1 heterocycles. The summed E-state index contributed by atoms with van der Waals surface area (Å²) in [5.41, 5.74) is 0. The third-order valence-electron chi connectivity index (χ3n) is 5.36. The molecule has 2 nitrogen and oxygen atoms in total. The Balaban J connectivity index is 1.57. The Labute approximate surface area is 113 Å². The lowest BCUT2D eigenvalue weighted by atomic mass is 9.85. The van der Waals surface area contributed by atoms with E-state index in [-0.39, 0.29) is 0 Å². The molecule has 2 aliphatic carbocycles. The van der Waals surface area contributed by atoms with E-state index < -0.39 is 0 Å². The zero-order valence-electron chi connectivity index (χ0n) is 12.0. The second-order valence-corrected chi connectivity index (χ2v) is 6.76. The molecule has 1 N–H and O–H groups in total. The van der Waals surface area contributed by atoms with Crippen LogP contribution in [0.2, 0.25) is 0 Å². The van der Waals surface area contributed by atoms with Crippen molar-refractivity contribution in [2.75, 3.05) is 13.1 Å². The van der Waals surface area contributed by atoms with Gasteiger partial charge in [-0.25, -0.2) is 0 Å². The van der Waals surface area contributed by atoms with E-state index >= 15 is 0 Å². The van der Waals surface area contributed by atoms with Crippen LogP contribution in [-0.2, 0) is 0 Å². The molecule has 0 bridgehead atoms. The lowest BCUT2D eigenvalue weighted by molar-refractivity contribution is 0.123. The van der Waals surface area contributed by atoms with Crippen LogP contribution >= 0.6 is 0 Å². The van der Waals surface area contributed by atoms with Gasteiger partial charge < -0.3 is 5.32 Å². The number of hydrogen-bond acceptors (Lipinski definition) is 2. The van der Waals surface area contributed by atoms with E-state index in [0.29, 0.717) is 0 Å². The second-order valence-electron chi connectivity index (χ2n) is 6.76. The molecule has 1 saturated heterocycles. The van der Waals surface area contributed by atoms with Gasteiger partial charge in [-0.2, -0.15) is 0 Å². The van der Waals surface area contributed by atoms with Gasteiger partial charge in [-0.3, -0.25) is 4.90 Å². The summed E-state index contributed by atoms with van der Waals surface area (Å²) in [7, 11) is 0. The Bertz CT molecular complexity index is 262. The van der Waals surface area contributed by atoms with E-state index in [2.05, 4.69) is 17.1 Å². The maximum atomic E-state index is 3.77. The van der Waals surface area contributed by atoms with Crippen molar-refractivity contribution < 1.29 is 0 Å². The first-order valence-electron chi connectivity index (χ1n) is 8.37. The van der Waals surface area contributed by atoms with Crippen molar-refractivity contribution in [3.05, 3.63) is 0 Å². The van der Waals surface area contributed by atoms with E-state index in [0.717, 1.165) is 24.0 Å². The van der Waals surface area contributed by atoms with Crippen LogP contribution in [0.1, 0.15) is 64.7 Å². The standard InChI is InChI=1S/C16H30N2/c1-2-5-15(12-17-14-8-9-14)18-11-10-13-6-3-4-7-16(13)18/h13-17H,2-12H2,1H3. The molecule has 3 atom stereocenters. The molecular weight excluding hydrogens is 220 g/mol. The van der Waals surface area contributed by atoms with Crippen molar-refractivity contribution in [1.29, 1.82) is 0 Å². The number of hydrogen-bond donors (Lipinski definition) is 1. The smallest absolute Gasteiger partial charge is 0.0223 e. The summed E-state index contributed by atoms with van der Waals surface area (Å²) in [6.45, 7) is 4.98. The van der Waals surface area contributed by atoms with Gasteiger partial charge in [0, 0.05) is 24.7 Å². The van der Waals surface area contributed by atoms with Crippen molar-refractivity contribution in [3.8, 4) is 0 Å². The quantitative estimate of drug-likeness (QED) is 0.779. The van der Waals surface area contributed by atoms with Gasteiger partial charge in [-0.05, 0) is 51.0 Å². The van der Waals surface area contributed by atoms with E-state index in [1.165, 1.54) is 70.9 Å². The van der Waals surface area contributed by atoms with Crippen molar-refractivity contribution in [2.24, 2.45) is 5.92 Å². The first-order valence-corrected chi connectivity index (χ1v) is 8.37. The van der Waals surface area contributed by atoms with Crippen molar-refractivity contribution in [1.82, 2.24) is 10.2 Å². The second kappa shape index (κ2) is 5.92. The highest BCUT2D eigenvalue weighted by atomic mass is 15.2. The summed E-state index contributed by atoms with van der Waals surface area (Å²) >= 11 is 0. The van der Waals surface area contributed by atoms with Crippen LogP contribution in [0.25, 0.3) is 0 Å². The van der Waals surface area contributed by atoms with Crippen LogP contribution in [-0.4, -0.2) is 36.1 Å². The minimum Gasteiger partial charge on any atom is -0.312 e. The highest BCUT2D eigenvalue weighted by molar-refractivity contribution is 4.94. The zero-order chi connectivity index (χ0) is 12.4. The van der Waals surface area contributed by atoms with Crippen LogP contribution in [0.4, 0.5) is 0 Å². The molecule has 3 rings (SSSR count). The molecule has 18 heavy (non-hydrogen) atoms. The third kappa shape index (κ3) is 2.91. The highest BCUT2D eigenvalue weighted by Crippen LogP contribution is 2.37. The first-order chi connectivity index (χ1) is 8.88. The van der Waals surface area contributed by atoms with Crippen LogP contribution in [0, 0.1) is 5.92 Å². The summed E-state index contributed by atoms with van der Waals surface area (Å²) in [6, 6.07) is 2.63. The summed E-state index contributed by atoms with van der Waals surface area (Å²) in [5, 5.41) is 3.77. The molecule has 3 fully saturated rings. The van der Waals surface area contributed by atoms with Gasteiger partial charge in [0.05, 0.1) is 0 Å². The Hall–Kier alpha value is -0.0800. The van der Waals surface area contributed by atoms with E-state index in [1.807, 2.05) is 0 Å². The van der Waals surface area contributed by atoms with Gasteiger partial charge in [0.1, 0.15) is 0 Å². The molecule has 0 aromatic carbocycles. The molecule has 0 spiro atoms. The molecule has 0 radical (unpaired) electrons. The summed E-state index contributed by atoms with van der Waals surface area (Å²) in [5.74, 6) is 1.04. The van der Waals surface area contributed by atoms with Gasteiger partial charge in [0.2, 0.25) is 0 Å². The van der Waals surface area contributed by atoms with E-state index in [4.69, 9.17) is 0 Å². The average Bonchev–Trinajstić information content (AvgIpc) is 3.13. The topological polar surface area (TPSA) is 15.3 Å². The molecule has 3 aliphatic rings. The van der Waals surface area contributed by atoms with Crippen molar-refractivity contribution in [3.63, 3.8) is 0 Å². The van der Waals surface area contributed by atoms with Gasteiger partial charge in [0.25, 0.3) is 0 Å². The van der Waals surface area contributed by atoms with Gasteiger partial charge in [0.15, 0.2) is 0 Å². The van der Waals surface area contributed by atoms with Crippen LogP contribution in [0.3, 0.4) is 0 Å². The Morgan fingerprint density at radius 3 is 2.72 bits per heavy atom. The fourth-order valence-corrected chi connectivity index (χ4v) is 4.20. The Morgan fingerprint density at radius 1 is 1.11 bits per heavy atom. The third-order valence-corrected chi connectivity index (χ3v) is 5.36. The Morgan fingerprint density at radius 2 is 1.94 bits per heavy atom. The molecule has 104 valence electrons. The number of rotatable bonds is 6. The predicted molar refractivity (Wildman–Crippen MR) is 76.8 cm³/mol. The SMILES string of the molecule is CCCC(CNC1CC1)N1CCC2CCCCC21. The maximum Gasteiger partial charge on any atom is 0.0223 e. The zero-order valence-corrected chi connectivity index (χ0v) is 12.0. The van der Waals surface area contributed by atoms with Gasteiger partial charge in [-0.1, -0.05) is 26.2 Å². The average molecular weight is 250 g/mol. The summed E-state index contributed by atoms with van der Waals surface area (Å²) in [4.78, 5) is 2.89. The van der Waals surface area contributed by atoms with Gasteiger partial charge in [-0.15, -0.1) is 0 Å². The fraction of sp³-hybridized carbons (Fsp3) is 1.00. The van der Waals surface area contributed by atoms with Gasteiger partial charge >= 0.3 is 0 Å². The molecule has 0 aromatic rings. The van der Waals surface area contributed by atoms with Crippen LogP contribution in [0.15, 0.2) is 0 Å². The molecule has 1 aliphatic heterocycles. The summed E-state index contributed by atoms with van der Waals surface area (Å²) < 4.78 is 0. The lowest BCUT2D eigenvalue weighted by Gasteiger charge is -2.37. The molecule has 0 amide bonds. The fourth-order valence-electron chi connectivity index (χ4n) is 4.20. The number of nitrogens with zero attached hydrogens (tertiary/aromatic N) is 1. The van der Waals surface area contributed by atoms with Crippen molar-refractivity contribution >= 4 is 0 Å². The Kier molecular flexibility index (Phi) is 4.25. The predicted octanol–water partition coefficient (Wildman–Crippen LogP) is 3.17. The summed E-state index contributed by atoms with van der Waals surface area (Å²) in [6.07, 6.45) is 13.0. The van der Waals surface area contributed by atoms with E-state index in [9.17, 15) is 0 Å². The normalized spacial score (nSPS) is 34.5. The minimum absolute atomic E-state index is 0.823. The minimum atomic E-state index is 0.823. The van der Waals surface area contributed by atoms with E-state index in [1.54, 1.807) is 0 Å².